The second-order valence-electron chi connectivity index (χ2n) is 5.69. The zero-order valence-corrected chi connectivity index (χ0v) is 11.7. The zero-order chi connectivity index (χ0) is 13.2. The fourth-order valence-corrected chi connectivity index (χ4v) is 2.63. The first-order valence-corrected chi connectivity index (χ1v) is 7.10. The van der Waals surface area contributed by atoms with E-state index in [2.05, 4.69) is 35.5 Å². The van der Waals surface area contributed by atoms with Gasteiger partial charge < -0.3 is 14.6 Å². The lowest BCUT2D eigenvalue weighted by Gasteiger charge is -2.22. The van der Waals surface area contributed by atoms with Gasteiger partial charge >= 0.3 is 0 Å². The molecular weight excluding hydrogens is 236 g/mol. The summed E-state index contributed by atoms with van der Waals surface area (Å²) in [5.74, 6) is 1.96. The fourth-order valence-electron chi connectivity index (χ4n) is 2.63. The standard InChI is InChI=1S/C16H22N2O/c1-17-14(11-18(2)10-12-7-8-12)16-9-13-5-3-4-6-15(13)19-16/h3-6,9,12,14,17H,7-8,10-11H2,1-2H3. The van der Waals surface area contributed by atoms with Crippen LogP contribution in [0.25, 0.3) is 11.0 Å². The van der Waals surface area contributed by atoms with Crippen LogP contribution in [0.2, 0.25) is 0 Å². The van der Waals surface area contributed by atoms with Crippen molar-refractivity contribution < 1.29 is 4.42 Å². The van der Waals surface area contributed by atoms with Gasteiger partial charge in [0.05, 0.1) is 6.04 Å². The zero-order valence-electron chi connectivity index (χ0n) is 11.7. The van der Waals surface area contributed by atoms with Crippen molar-refractivity contribution in [3.8, 4) is 0 Å². The highest BCUT2D eigenvalue weighted by molar-refractivity contribution is 5.77. The minimum Gasteiger partial charge on any atom is -0.459 e. The van der Waals surface area contributed by atoms with Gasteiger partial charge in [0.15, 0.2) is 0 Å². The number of hydrogen-bond donors (Lipinski definition) is 1. The molecule has 1 aromatic heterocycles. The molecule has 0 aliphatic heterocycles. The second kappa shape index (κ2) is 5.35. The molecule has 1 atom stereocenters. The third-order valence-corrected chi connectivity index (χ3v) is 3.90. The number of hydrogen-bond acceptors (Lipinski definition) is 3. The van der Waals surface area contributed by atoms with Crippen LogP contribution < -0.4 is 5.32 Å². The van der Waals surface area contributed by atoms with Crippen molar-refractivity contribution >= 4 is 11.0 Å². The topological polar surface area (TPSA) is 28.4 Å². The third-order valence-electron chi connectivity index (χ3n) is 3.90. The van der Waals surface area contributed by atoms with Crippen LogP contribution in [0.3, 0.4) is 0 Å². The minimum atomic E-state index is 0.260. The first-order chi connectivity index (χ1) is 9.26. The summed E-state index contributed by atoms with van der Waals surface area (Å²) in [6.45, 7) is 2.20. The van der Waals surface area contributed by atoms with Crippen LogP contribution in [0.1, 0.15) is 24.6 Å². The molecule has 1 unspecified atom stereocenters. The van der Waals surface area contributed by atoms with E-state index >= 15 is 0 Å². The van der Waals surface area contributed by atoms with Crippen LogP contribution in [0.4, 0.5) is 0 Å². The normalized spacial score (nSPS) is 17.2. The highest BCUT2D eigenvalue weighted by Gasteiger charge is 2.24. The third kappa shape index (κ3) is 2.99. The highest BCUT2D eigenvalue weighted by atomic mass is 16.3. The molecule has 3 heteroatoms. The summed E-state index contributed by atoms with van der Waals surface area (Å²) < 4.78 is 5.95. The average molecular weight is 258 g/mol. The Bertz CT molecular complexity index is 511. The lowest BCUT2D eigenvalue weighted by atomic mass is 10.2. The summed E-state index contributed by atoms with van der Waals surface area (Å²) in [6, 6.07) is 10.6. The second-order valence-corrected chi connectivity index (χ2v) is 5.69. The lowest BCUT2D eigenvalue weighted by Crippen LogP contribution is -2.32. The van der Waals surface area contributed by atoms with E-state index in [9.17, 15) is 0 Å². The van der Waals surface area contributed by atoms with Crippen molar-refractivity contribution in [2.24, 2.45) is 5.92 Å². The van der Waals surface area contributed by atoms with Crippen molar-refractivity contribution in [1.82, 2.24) is 10.2 Å². The quantitative estimate of drug-likeness (QED) is 0.863. The molecule has 1 N–H and O–H groups in total. The Hall–Kier alpha value is -1.32. The van der Waals surface area contributed by atoms with E-state index in [1.165, 1.54) is 24.8 Å². The maximum Gasteiger partial charge on any atom is 0.134 e. The first-order valence-electron chi connectivity index (χ1n) is 7.10. The summed E-state index contributed by atoms with van der Waals surface area (Å²) in [7, 11) is 4.20. The van der Waals surface area contributed by atoms with Gasteiger partial charge in [-0.05, 0) is 45.0 Å². The molecule has 3 rings (SSSR count). The van der Waals surface area contributed by atoms with Crippen LogP contribution in [-0.4, -0.2) is 32.1 Å². The van der Waals surface area contributed by atoms with Gasteiger partial charge in [0.1, 0.15) is 11.3 Å². The predicted molar refractivity (Wildman–Crippen MR) is 78.2 cm³/mol. The molecule has 0 radical (unpaired) electrons. The van der Waals surface area contributed by atoms with E-state index in [0.717, 1.165) is 23.8 Å². The molecule has 1 saturated carbocycles. The van der Waals surface area contributed by atoms with Crippen LogP contribution in [0.15, 0.2) is 34.7 Å². The largest absolute Gasteiger partial charge is 0.459 e. The summed E-state index contributed by atoms with van der Waals surface area (Å²) in [4.78, 5) is 2.41. The molecular formula is C16H22N2O. The summed E-state index contributed by atoms with van der Waals surface area (Å²) in [5.41, 5.74) is 0.975. The Morgan fingerprint density at radius 2 is 2.16 bits per heavy atom. The van der Waals surface area contributed by atoms with Gasteiger partial charge in [-0.1, -0.05) is 18.2 Å². The van der Waals surface area contributed by atoms with E-state index in [0.29, 0.717) is 0 Å². The molecule has 19 heavy (non-hydrogen) atoms. The van der Waals surface area contributed by atoms with E-state index in [1.807, 2.05) is 19.2 Å². The van der Waals surface area contributed by atoms with Crippen LogP contribution in [-0.2, 0) is 0 Å². The SMILES string of the molecule is CNC(CN(C)CC1CC1)c1cc2ccccc2o1. The van der Waals surface area contributed by atoms with Gasteiger partial charge in [0, 0.05) is 18.5 Å². The first kappa shape index (κ1) is 12.7. The van der Waals surface area contributed by atoms with Gasteiger partial charge in [-0.25, -0.2) is 0 Å². The Morgan fingerprint density at radius 3 is 2.84 bits per heavy atom. The van der Waals surface area contributed by atoms with Crippen molar-refractivity contribution in [2.75, 3.05) is 27.2 Å². The number of nitrogens with one attached hydrogen (secondary N) is 1. The number of benzene rings is 1. The average Bonchev–Trinajstić information content (AvgIpc) is 3.11. The fraction of sp³-hybridized carbons (Fsp3) is 0.500. The Kier molecular flexibility index (Phi) is 3.58. The number of para-hydroxylation sites is 1. The molecule has 0 bridgehead atoms. The van der Waals surface area contributed by atoms with Crippen molar-refractivity contribution in [3.05, 3.63) is 36.1 Å². The lowest BCUT2D eigenvalue weighted by molar-refractivity contribution is 0.270. The molecule has 1 aromatic carbocycles. The molecule has 0 amide bonds. The Balaban J connectivity index is 1.72. The molecule has 1 heterocycles. The monoisotopic (exact) mass is 258 g/mol. The van der Waals surface area contributed by atoms with Crippen LogP contribution >= 0.6 is 0 Å². The minimum absolute atomic E-state index is 0.260. The van der Waals surface area contributed by atoms with Gasteiger partial charge in [-0.15, -0.1) is 0 Å². The van der Waals surface area contributed by atoms with Gasteiger partial charge in [0.25, 0.3) is 0 Å². The van der Waals surface area contributed by atoms with E-state index in [-0.39, 0.29) is 6.04 Å². The Labute approximate surface area is 114 Å². The van der Waals surface area contributed by atoms with Gasteiger partial charge in [0.2, 0.25) is 0 Å². The smallest absolute Gasteiger partial charge is 0.134 e. The van der Waals surface area contributed by atoms with Crippen LogP contribution in [0.5, 0.6) is 0 Å². The predicted octanol–water partition coefficient (Wildman–Crippen LogP) is 3.04. The van der Waals surface area contributed by atoms with E-state index < -0.39 is 0 Å². The maximum atomic E-state index is 5.95. The number of nitrogens with zero attached hydrogens (tertiary/aromatic N) is 1. The molecule has 1 fully saturated rings. The number of furan rings is 1. The number of fused-ring (bicyclic) bond motifs is 1. The molecule has 102 valence electrons. The maximum absolute atomic E-state index is 5.95. The summed E-state index contributed by atoms with van der Waals surface area (Å²) in [5, 5.41) is 4.55. The van der Waals surface area contributed by atoms with E-state index in [1.54, 1.807) is 0 Å². The van der Waals surface area contributed by atoms with E-state index in [4.69, 9.17) is 4.42 Å². The molecule has 1 aliphatic rings. The molecule has 0 spiro atoms. The number of likely N-dealkylation sites (N-methyl/N-ethyl adjacent to an activating group) is 2. The molecule has 1 aliphatic carbocycles. The van der Waals surface area contributed by atoms with Crippen molar-refractivity contribution in [2.45, 2.75) is 18.9 Å². The highest BCUT2D eigenvalue weighted by Crippen LogP contribution is 2.30. The van der Waals surface area contributed by atoms with Crippen molar-refractivity contribution in [1.29, 1.82) is 0 Å². The van der Waals surface area contributed by atoms with Gasteiger partial charge in [-0.2, -0.15) is 0 Å². The Morgan fingerprint density at radius 1 is 1.37 bits per heavy atom. The summed E-state index contributed by atoms with van der Waals surface area (Å²) >= 11 is 0. The molecule has 3 nitrogen and oxygen atoms in total. The molecule has 0 saturated heterocycles. The van der Waals surface area contributed by atoms with Crippen LogP contribution in [0, 0.1) is 5.92 Å². The van der Waals surface area contributed by atoms with Gasteiger partial charge in [-0.3, -0.25) is 0 Å². The number of rotatable bonds is 6. The van der Waals surface area contributed by atoms with Crippen molar-refractivity contribution in [3.63, 3.8) is 0 Å². The molecule has 2 aromatic rings. The summed E-state index contributed by atoms with van der Waals surface area (Å²) in [6.07, 6.45) is 2.80.